The third-order valence-electron chi connectivity index (χ3n) is 13.1. The van der Waals surface area contributed by atoms with Crippen LogP contribution in [0.15, 0.2) is 30.3 Å². The second-order valence-corrected chi connectivity index (χ2v) is 20.8. The van der Waals surface area contributed by atoms with Crippen LogP contribution in [0.25, 0.3) is 0 Å². The van der Waals surface area contributed by atoms with E-state index in [2.05, 4.69) is 27.7 Å². The zero-order valence-electron chi connectivity index (χ0n) is 43.6. The van der Waals surface area contributed by atoms with Crippen molar-refractivity contribution in [2.75, 3.05) is 26.4 Å². The maximum Gasteiger partial charge on any atom is 0.397 e. The van der Waals surface area contributed by atoms with Gasteiger partial charge in [-0.1, -0.05) is 263 Å². The Labute approximate surface area is 402 Å². The maximum absolute atomic E-state index is 6.17. The van der Waals surface area contributed by atoms with E-state index in [4.69, 9.17) is 23.0 Å². The molecule has 1 aromatic carbocycles. The van der Waals surface area contributed by atoms with E-state index < -0.39 is 8.60 Å². The van der Waals surface area contributed by atoms with Crippen LogP contribution >= 0.6 is 8.60 Å². The molecule has 0 amide bonds. The van der Waals surface area contributed by atoms with E-state index in [1.807, 2.05) is 30.3 Å². The lowest BCUT2D eigenvalue weighted by molar-refractivity contribution is 0.0555. The highest BCUT2D eigenvalue weighted by Gasteiger charge is 2.15. The average molecular weight is 919 g/mol. The molecule has 0 radical (unpaired) electrons. The van der Waals surface area contributed by atoms with Gasteiger partial charge in [-0.3, -0.25) is 0 Å². The second-order valence-electron chi connectivity index (χ2n) is 19.7. The zero-order chi connectivity index (χ0) is 45.9. The van der Waals surface area contributed by atoms with E-state index in [0.29, 0.717) is 25.4 Å². The van der Waals surface area contributed by atoms with Crippen LogP contribution < -0.4 is 4.52 Å². The van der Waals surface area contributed by atoms with Crippen molar-refractivity contribution in [1.29, 1.82) is 0 Å². The summed E-state index contributed by atoms with van der Waals surface area (Å²) in [5, 5.41) is 0. The molecule has 0 saturated heterocycles. The van der Waals surface area contributed by atoms with E-state index >= 15 is 0 Å². The number of benzene rings is 1. The van der Waals surface area contributed by atoms with Crippen molar-refractivity contribution in [1.82, 2.24) is 0 Å². The van der Waals surface area contributed by atoms with Gasteiger partial charge in [-0.15, -0.1) is 0 Å². The van der Waals surface area contributed by atoms with Gasteiger partial charge in [-0.05, 0) is 64.5 Å². The third kappa shape index (κ3) is 46.4. The van der Waals surface area contributed by atoms with E-state index in [0.717, 1.165) is 31.8 Å². The number of ether oxygens (including phenoxy) is 2. The van der Waals surface area contributed by atoms with Crippen molar-refractivity contribution in [2.45, 2.75) is 310 Å². The highest BCUT2D eigenvalue weighted by molar-refractivity contribution is 7.42. The molecule has 0 aliphatic heterocycles. The quantitative estimate of drug-likeness (QED) is 0.0481. The molecule has 0 spiro atoms. The molecule has 0 heterocycles. The van der Waals surface area contributed by atoms with Gasteiger partial charge in [-0.2, -0.15) is 0 Å². The van der Waals surface area contributed by atoms with Gasteiger partial charge in [0.25, 0.3) is 0 Å². The van der Waals surface area contributed by atoms with Gasteiger partial charge >= 0.3 is 8.60 Å². The number of rotatable bonds is 54. The lowest BCUT2D eigenvalue weighted by atomic mass is 10.1. The second kappa shape index (κ2) is 51.7. The summed E-state index contributed by atoms with van der Waals surface area (Å²) in [5.74, 6) is 0.830. The third-order valence-corrected chi connectivity index (χ3v) is 14.3. The van der Waals surface area contributed by atoms with Crippen LogP contribution in [-0.2, 0) is 18.5 Å². The molecule has 0 bridgehead atoms. The molecule has 0 aliphatic rings. The standard InChI is InChI=1S/C58H111O5P/c1-5-7-9-11-13-15-17-23-29-35-44-52-59-56(3)48-40-33-27-21-19-25-31-37-46-54-61-64(63-58-50-42-39-43-51-58)62-55-47-38-32-26-20-22-28-34-41-49-57(4)60-53-45-36-30-24-18-16-14-12-10-8-6-2/h39,42-43,50-51,56-57H,5-38,40-41,44-49,52-55H2,1-4H3. The van der Waals surface area contributed by atoms with Crippen molar-refractivity contribution in [3.63, 3.8) is 0 Å². The van der Waals surface area contributed by atoms with E-state index in [1.54, 1.807) is 0 Å². The van der Waals surface area contributed by atoms with Crippen LogP contribution in [0, 0.1) is 0 Å². The Morgan fingerprint density at radius 3 is 0.906 bits per heavy atom. The van der Waals surface area contributed by atoms with Gasteiger partial charge in [0.1, 0.15) is 5.75 Å². The Bertz CT molecular complexity index is 938. The molecule has 2 atom stereocenters. The number of hydrogen-bond acceptors (Lipinski definition) is 5. The highest BCUT2D eigenvalue weighted by Crippen LogP contribution is 2.41. The summed E-state index contributed by atoms with van der Waals surface area (Å²) < 4.78 is 30.7. The Balaban J connectivity index is 1.93. The predicted octanol–water partition coefficient (Wildman–Crippen LogP) is 20.6. The highest BCUT2D eigenvalue weighted by atomic mass is 31.2. The van der Waals surface area contributed by atoms with E-state index in [-0.39, 0.29) is 0 Å². The van der Waals surface area contributed by atoms with Crippen LogP contribution in [0.5, 0.6) is 5.75 Å². The molecule has 1 rings (SSSR count). The van der Waals surface area contributed by atoms with Gasteiger partial charge in [0.2, 0.25) is 0 Å². The summed E-state index contributed by atoms with van der Waals surface area (Å²) >= 11 is 0. The van der Waals surface area contributed by atoms with Crippen molar-refractivity contribution >= 4 is 8.60 Å². The molecule has 378 valence electrons. The molecule has 1 aromatic rings. The first-order chi connectivity index (χ1) is 31.7. The van der Waals surface area contributed by atoms with Gasteiger partial charge in [0.15, 0.2) is 0 Å². The molecule has 0 aromatic heterocycles. The van der Waals surface area contributed by atoms with Crippen LogP contribution in [-0.4, -0.2) is 38.6 Å². The van der Waals surface area contributed by atoms with Crippen LogP contribution in [0.2, 0.25) is 0 Å². The fourth-order valence-electron chi connectivity index (χ4n) is 8.75. The summed E-state index contributed by atoms with van der Waals surface area (Å²) in [6.07, 6.45) is 57.2. The topological polar surface area (TPSA) is 46.2 Å². The Morgan fingerprint density at radius 1 is 0.328 bits per heavy atom. The lowest BCUT2D eigenvalue weighted by Gasteiger charge is -2.17. The van der Waals surface area contributed by atoms with Crippen molar-refractivity contribution in [3.8, 4) is 5.75 Å². The molecule has 0 saturated carbocycles. The smallest absolute Gasteiger partial charge is 0.397 e. The summed E-state index contributed by atoms with van der Waals surface area (Å²) in [7, 11) is -1.36. The molecule has 0 fully saturated rings. The van der Waals surface area contributed by atoms with Crippen molar-refractivity contribution in [3.05, 3.63) is 30.3 Å². The SMILES string of the molecule is CCCCCCCCCCCCCOC(C)CCCCCCCCCCCOP(OCCCCCCCCCCCC(C)OCCCCCCCCCCCCC)Oc1ccccc1. The van der Waals surface area contributed by atoms with Crippen molar-refractivity contribution < 1.29 is 23.0 Å². The fourth-order valence-corrected chi connectivity index (χ4v) is 9.78. The number of unbranched alkanes of at least 4 members (excludes halogenated alkanes) is 36. The summed E-state index contributed by atoms with van der Waals surface area (Å²) in [4.78, 5) is 0. The number of para-hydroxylation sites is 1. The van der Waals surface area contributed by atoms with Gasteiger partial charge in [0, 0.05) is 13.2 Å². The summed E-state index contributed by atoms with van der Waals surface area (Å²) in [5.41, 5.74) is 0. The largest absolute Gasteiger partial charge is 0.427 e. The molecule has 2 unspecified atom stereocenters. The molecule has 0 N–H and O–H groups in total. The minimum absolute atomic E-state index is 0.421. The average Bonchev–Trinajstić information content (AvgIpc) is 3.30. The first kappa shape index (κ1) is 61.3. The maximum atomic E-state index is 6.17. The van der Waals surface area contributed by atoms with E-state index in [9.17, 15) is 0 Å². The summed E-state index contributed by atoms with van der Waals surface area (Å²) in [6, 6.07) is 10.0. The van der Waals surface area contributed by atoms with Gasteiger partial charge < -0.3 is 23.0 Å². The minimum Gasteiger partial charge on any atom is -0.427 e. The van der Waals surface area contributed by atoms with Gasteiger partial charge in [0.05, 0.1) is 25.4 Å². The predicted molar refractivity (Wildman–Crippen MR) is 282 cm³/mol. The first-order valence-corrected chi connectivity index (χ1v) is 29.8. The monoisotopic (exact) mass is 919 g/mol. The zero-order valence-corrected chi connectivity index (χ0v) is 44.5. The normalized spacial score (nSPS) is 13.1. The van der Waals surface area contributed by atoms with Gasteiger partial charge in [-0.25, -0.2) is 0 Å². The number of hydrogen-bond donors (Lipinski definition) is 0. The fraction of sp³-hybridized carbons (Fsp3) is 0.897. The first-order valence-electron chi connectivity index (χ1n) is 28.7. The van der Waals surface area contributed by atoms with Crippen LogP contribution in [0.3, 0.4) is 0 Å². The Kier molecular flexibility index (Phi) is 49.5. The molecule has 64 heavy (non-hydrogen) atoms. The Morgan fingerprint density at radius 2 is 0.594 bits per heavy atom. The Hall–Kier alpha value is -0.710. The molecular formula is C58H111O5P. The molecular weight excluding hydrogens is 808 g/mol. The lowest BCUT2D eigenvalue weighted by Crippen LogP contribution is -2.09. The molecule has 5 nitrogen and oxygen atoms in total. The van der Waals surface area contributed by atoms with Crippen LogP contribution in [0.1, 0.15) is 297 Å². The summed E-state index contributed by atoms with van der Waals surface area (Å²) in [6.45, 7) is 12.5. The van der Waals surface area contributed by atoms with E-state index in [1.165, 1.54) is 257 Å². The van der Waals surface area contributed by atoms with Crippen molar-refractivity contribution in [2.24, 2.45) is 0 Å². The van der Waals surface area contributed by atoms with Crippen LogP contribution in [0.4, 0.5) is 0 Å². The molecule has 6 heteroatoms. The minimum atomic E-state index is -1.36. The molecule has 0 aliphatic carbocycles.